The molecule has 2 heterocycles. The fraction of sp³-hybridized carbons (Fsp3) is 0.381. The molecule has 1 saturated heterocycles. The van der Waals surface area contributed by atoms with E-state index in [1.54, 1.807) is 6.07 Å². The molecule has 0 radical (unpaired) electrons. The van der Waals surface area contributed by atoms with Gasteiger partial charge in [0.25, 0.3) is 0 Å². The molecule has 1 N–H and O–H groups in total. The summed E-state index contributed by atoms with van der Waals surface area (Å²) < 4.78 is 40.5. The zero-order valence-corrected chi connectivity index (χ0v) is 20.4. The van der Waals surface area contributed by atoms with E-state index in [1.807, 2.05) is 0 Å². The SMILES string of the molecule is CN(CCN1CCC(c2nc3ccc(F)cc3[nH]2)CC1)S(=O)(=O)c1ccc(Cl)c(Cl)c1Cl. The van der Waals surface area contributed by atoms with Gasteiger partial charge in [-0.25, -0.2) is 17.8 Å². The second-order valence-corrected chi connectivity index (χ2v) is 11.1. The number of nitrogens with zero attached hydrogens (tertiary/aromatic N) is 3. The van der Waals surface area contributed by atoms with Gasteiger partial charge in [0, 0.05) is 26.1 Å². The summed E-state index contributed by atoms with van der Waals surface area (Å²) in [6.45, 7) is 2.54. The first-order valence-corrected chi connectivity index (χ1v) is 12.7. The molecular weight excluding hydrogens is 498 g/mol. The van der Waals surface area contributed by atoms with Crippen molar-refractivity contribution in [3.8, 4) is 0 Å². The number of hydrogen-bond acceptors (Lipinski definition) is 4. The highest BCUT2D eigenvalue weighted by Gasteiger charge is 2.27. The Morgan fingerprint density at radius 3 is 2.59 bits per heavy atom. The van der Waals surface area contributed by atoms with Crippen molar-refractivity contribution in [3.05, 3.63) is 57.0 Å². The summed E-state index contributed by atoms with van der Waals surface area (Å²) in [6.07, 6.45) is 1.77. The molecule has 0 spiro atoms. The predicted molar refractivity (Wildman–Crippen MR) is 126 cm³/mol. The second kappa shape index (κ2) is 9.44. The van der Waals surface area contributed by atoms with Gasteiger partial charge >= 0.3 is 0 Å². The summed E-state index contributed by atoms with van der Waals surface area (Å²) in [6, 6.07) is 7.33. The van der Waals surface area contributed by atoms with E-state index >= 15 is 0 Å². The number of fused-ring (bicyclic) bond motifs is 1. The summed E-state index contributed by atoms with van der Waals surface area (Å²) in [4.78, 5) is 10.0. The Morgan fingerprint density at radius 2 is 1.88 bits per heavy atom. The molecule has 32 heavy (non-hydrogen) atoms. The van der Waals surface area contributed by atoms with Crippen LogP contribution in [0.4, 0.5) is 4.39 Å². The number of imidazole rings is 1. The van der Waals surface area contributed by atoms with E-state index in [-0.39, 0.29) is 31.7 Å². The Bertz CT molecular complexity index is 1240. The van der Waals surface area contributed by atoms with Crippen LogP contribution in [0.2, 0.25) is 15.1 Å². The first-order chi connectivity index (χ1) is 15.2. The number of nitrogens with one attached hydrogen (secondary N) is 1. The van der Waals surface area contributed by atoms with Crippen LogP contribution in [0, 0.1) is 5.82 Å². The molecule has 1 aliphatic heterocycles. The van der Waals surface area contributed by atoms with E-state index in [4.69, 9.17) is 34.8 Å². The highest BCUT2D eigenvalue weighted by atomic mass is 35.5. The summed E-state index contributed by atoms with van der Waals surface area (Å²) >= 11 is 18.0. The van der Waals surface area contributed by atoms with Gasteiger partial charge in [-0.3, -0.25) is 0 Å². The van der Waals surface area contributed by atoms with Crippen molar-refractivity contribution < 1.29 is 12.8 Å². The van der Waals surface area contributed by atoms with Crippen molar-refractivity contribution in [3.63, 3.8) is 0 Å². The molecule has 1 aliphatic rings. The van der Waals surface area contributed by atoms with Crippen molar-refractivity contribution >= 4 is 55.9 Å². The van der Waals surface area contributed by atoms with Gasteiger partial charge in [0.1, 0.15) is 16.5 Å². The van der Waals surface area contributed by atoms with Gasteiger partial charge in [0.2, 0.25) is 10.0 Å². The number of sulfonamides is 1. The quantitative estimate of drug-likeness (QED) is 0.457. The summed E-state index contributed by atoms with van der Waals surface area (Å²) in [7, 11) is -2.27. The lowest BCUT2D eigenvalue weighted by molar-refractivity contribution is 0.201. The standard InChI is InChI=1S/C21H22Cl3FN4O2S/c1-28(32(30,31)18-5-3-15(22)19(23)20(18)24)10-11-29-8-6-13(7-9-29)21-26-16-4-2-14(25)12-17(16)27-21/h2-5,12-13H,6-11H2,1H3,(H,26,27). The van der Waals surface area contributed by atoms with Gasteiger partial charge < -0.3 is 9.88 Å². The van der Waals surface area contributed by atoms with Crippen LogP contribution in [0.3, 0.4) is 0 Å². The summed E-state index contributed by atoms with van der Waals surface area (Å²) in [5, 5.41) is 0.159. The summed E-state index contributed by atoms with van der Waals surface area (Å²) in [5.41, 5.74) is 1.46. The van der Waals surface area contributed by atoms with Crippen LogP contribution in [-0.2, 0) is 10.0 Å². The molecular formula is C21H22Cl3FN4O2S. The highest BCUT2D eigenvalue weighted by Crippen LogP contribution is 2.36. The number of hydrogen-bond donors (Lipinski definition) is 1. The number of likely N-dealkylation sites (tertiary alicyclic amines) is 1. The second-order valence-electron chi connectivity index (χ2n) is 7.90. The zero-order valence-electron chi connectivity index (χ0n) is 17.3. The third kappa shape index (κ3) is 4.76. The maximum Gasteiger partial charge on any atom is 0.244 e. The molecule has 0 unspecified atom stereocenters. The van der Waals surface area contributed by atoms with Gasteiger partial charge in [0.15, 0.2) is 0 Å². The van der Waals surface area contributed by atoms with Crippen LogP contribution < -0.4 is 0 Å². The monoisotopic (exact) mass is 518 g/mol. The predicted octanol–water partition coefficient (Wildman–Crippen LogP) is 5.16. The van der Waals surface area contributed by atoms with Crippen LogP contribution >= 0.6 is 34.8 Å². The van der Waals surface area contributed by atoms with Gasteiger partial charge in [-0.05, 0) is 56.3 Å². The smallest absolute Gasteiger partial charge is 0.244 e. The lowest BCUT2D eigenvalue weighted by atomic mass is 9.96. The number of aromatic nitrogens is 2. The van der Waals surface area contributed by atoms with Crippen LogP contribution in [0.25, 0.3) is 11.0 Å². The average Bonchev–Trinajstić information content (AvgIpc) is 3.19. The maximum atomic E-state index is 13.4. The number of piperidine rings is 1. The van der Waals surface area contributed by atoms with Gasteiger partial charge in [-0.2, -0.15) is 4.31 Å². The van der Waals surface area contributed by atoms with E-state index in [1.165, 1.54) is 35.6 Å². The van der Waals surface area contributed by atoms with Gasteiger partial charge in [0.05, 0.1) is 26.1 Å². The molecule has 11 heteroatoms. The van der Waals surface area contributed by atoms with Gasteiger partial charge in [-0.1, -0.05) is 34.8 Å². The molecule has 3 aromatic rings. The molecule has 1 fully saturated rings. The molecule has 4 rings (SSSR count). The van der Waals surface area contributed by atoms with Crippen LogP contribution in [0.1, 0.15) is 24.6 Å². The summed E-state index contributed by atoms with van der Waals surface area (Å²) in [5.74, 6) is 0.848. The normalized spacial score (nSPS) is 16.3. The fourth-order valence-electron chi connectivity index (χ4n) is 3.90. The van der Waals surface area contributed by atoms with E-state index in [9.17, 15) is 12.8 Å². The highest BCUT2D eigenvalue weighted by molar-refractivity contribution is 7.89. The van der Waals surface area contributed by atoms with E-state index in [0.29, 0.717) is 18.6 Å². The van der Waals surface area contributed by atoms with Crippen LogP contribution in [0.5, 0.6) is 0 Å². The Hall–Kier alpha value is -1.42. The Morgan fingerprint density at radius 1 is 1.16 bits per heavy atom. The molecule has 0 atom stereocenters. The number of likely N-dealkylation sites (N-methyl/N-ethyl adjacent to an activating group) is 1. The number of halogens is 4. The Balaban J connectivity index is 1.34. The van der Waals surface area contributed by atoms with Crippen molar-refractivity contribution in [2.45, 2.75) is 23.7 Å². The average molecular weight is 520 g/mol. The van der Waals surface area contributed by atoms with E-state index < -0.39 is 10.0 Å². The number of benzene rings is 2. The molecule has 2 aromatic carbocycles. The molecule has 172 valence electrons. The third-order valence-electron chi connectivity index (χ3n) is 5.86. The molecule has 0 amide bonds. The van der Waals surface area contributed by atoms with Crippen molar-refractivity contribution in [2.24, 2.45) is 0 Å². The fourth-order valence-corrected chi connectivity index (χ4v) is 6.01. The molecule has 1 aromatic heterocycles. The number of rotatable bonds is 6. The van der Waals surface area contributed by atoms with Crippen molar-refractivity contribution in [1.29, 1.82) is 0 Å². The lowest BCUT2D eigenvalue weighted by Crippen LogP contribution is -2.40. The number of H-pyrrole nitrogens is 1. The minimum atomic E-state index is -3.80. The number of aromatic amines is 1. The first-order valence-electron chi connectivity index (χ1n) is 10.1. The molecule has 6 nitrogen and oxygen atoms in total. The Labute approximate surface area is 201 Å². The minimum Gasteiger partial charge on any atom is -0.342 e. The molecule has 0 bridgehead atoms. The minimum absolute atomic E-state index is 0.0261. The molecule has 0 saturated carbocycles. The lowest BCUT2D eigenvalue weighted by Gasteiger charge is -2.32. The topological polar surface area (TPSA) is 69.3 Å². The Kier molecular flexibility index (Phi) is 7.00. The van der Waals surface area contributed by atoms with Crippen molar-refractivity contribution in [2.75, 3.05) is 33.2 Å². The molecule has 0 aliphatic carbocycles. The third-order valence-corrected chi connectivity index (χ3v) is 9.16. The van der Waals surface area contributed by atoms with Crippen LogP contribution in [-0.4, -0.2) is 60.8 Å². The van der Waals surface area contributed by atoms with Crippen LogP contribution in [0.15, 0.2) is 35.2 Å². The zero-order chi connectivity index (χ0) is 23.0. The van der Waals surface area contributed by atoms with Gasteiger partial charge in [-0.15, -0.1) is 0 Å². The van der Waals surface area contributed by atoms with Crippen molar-refractivity contribution in [1.82, 2.24) is 19.2 Å². The van der Waals surface area contributed by atoms with E-state index in [2.05, 4.69) is 14.9 Å². The first kappa shape index (κ1) is 23.7. The van der Waals surface area contributed by atoms with E-state index in [0.717, 1.165) is 37.3 Å². The largest absolute Gasteiger partial charge is 0.342 e. The maximum absolute atomic E-state index is 13.4.